The van der Waals surface area contributed by atoms with E-state index in [1.54, 1.807) is 4.90 Å². The number of hydrogen-bond acceptors (Lipinski definition) is 4. The van der Waals surface area contributed by atoms with Crippen molar-refractivity contribution in [1.29, 1.82) is 0 Å². The van der Waals surface area contributed by atoms with E-state index in [9.17, 15) is 26.4 Å². The van der Waals surface area contributed by atoms with Crippen LogP contribution in [0.5, 0.6) is 5.75 Å². The number of likely N-dealkylation sites (tertiary alicyclic amines) is 1. The van der Waals surface area contributed by atoms with Crippen LogP contribution in [0.3, 0.4) is 0 Å². The number of ether oxygens (including phenoxy) is 1. The number of nitrogens with one attached hydrogen (secondary N) is 1. The van der Waals surface area contributed by atoms with E-state index in [4.69, 9.17) is 0 Å². The van der Waals surface area contributed by atoms with Gasteiger partial charge in [-0.05, 0) is 50.5 Å². The van der Waals surface area contributed by atoms with Crippen LogP contribution in [0.2, 0.25) is 0 Å². The zero-order valence-electron chi connectivity index (χ0n) is 13.5. The maximum absolute atomic E-state index is 12.2. The van der Waals surface area contributed by atoms with Crippen molar-refractivity contribution in [2.75, 3.05) is 13.1 Å². The highest BCUT2D eigenvalue weighted by molar-refractivity contribution is 7.89. The van der Waals surface area contributed by atoms with E-state index >= 15 is 0 Å². The van der Waals surface area contributed by atoms with Gasteiger partial charge in [-0.2, -0.15) is 0 Å². The molecule has 1 aromatic carbocycles. The Bertz CT molecular complexity index is 704. The molecule has 1 unspecified atom stereocenters. The standard InChI is InChI=1S/C15H19F3N2O4S/c1-11-4-2-3-9-20(11)14(21)10-19-25(22,23)13-7-5-12(6-8-13)24-15(16,17)18/h5-8,11,19H,2-4,9-10H2,1H3. The van der Waals surface area contributed by atoms with Gasteiger partial charge in [-0.3, -0.25) is 4.79 Å². The highest BCUT2D eigenvalue weighted by Gasteiger charge is 2.31. The number of benzene rings is 1. The number of alkyl halides is 3. The molecule has 1 saturated heterocycles. The lowest BCUT2D eigenvalue weighted by Gasteiger charge is -2.33. The lowest BCUT2D eigenvalue weighted by Crippen LogP contribution is -2.46. The number of halogens is 3. The molecule has 1 fully saturated rings. The molecule has 1 amide bonds. The maximum Gasteiger partial charge on any atom is 0.573 e. The van der Waals surface area contributed by atoms with E-state index < -0.39 is 28.7 Å². The second-order valence-electron chi connectivity index (χ2n) is 5.78. The van der Waals surface area contributed by atoms with Crippen molar-refractivity contribution in [2.45, 2.75) is 43.5 Å². The molecule has 0 spiro atoms. The zero-order chi connectivity index (χ0) is 18.7. The average molecular weight is 380 g/mol. The maximum atomic E-state index is 12.2. The van der Waals surface area contributed by atoms with Crippen LogP contribution in [-0.4, -0.2) is 44.7 Å². The second kappa shape index (κ2) is 7.61. The molecule has 140 valence electrons. The van der Waals surface area contributed by atoms with Gasteiger partial charge >= 0.3 is 6.36 Å². The zero-order valence-corrected chi connectivity index (χ0v) is 14.4. The summed E-state index contributed by atoms with van der Waals surface area (Å²) in [4.78, 5) is 13.5. The number of hydrogen-bond donors (Lipinski definition) is 1. The fraction of sp³-hybridized carbons (Fsp3) is 0.533. The fourth-order valence-electron chi connectivity index (χ4n) is 2.63. The van der Waals surface area contributed by atoms with Gasteiger partial charge in [-0.1, -0.05) is 0 Å². The summed E-state index contributed by atoms with van der Waals surface area (Å²) < 4.78 is 66.5. The van der Waals surface area contributed by atoms with E-state index in [1.807, 2.05) is 6.92 Å². The van der Waals surface area contributed by atoms with Crippen molar-refractivity contribution in [2.24, 2.45) is 0 Å². The van der Waals surface area contributed by atoms with Crippen molar-refractivity contribution in [3.63, 3.8) is 0 Å². The summed E-state index contributed by atoms with van der Waals surface area (Å²) in [5.74, 6) is -0.850. The minimum atomic E-state index is -4.85. The predicted molar refractivity (Wildman–Crippen MR) is 83.3 cm³/mol. The van der Waals surface area contributed by atoms with Gasteiger partial charge in [0.2, 0.25) is 15.9 Å². The van der Waals surface area contributed by atoms with Crippen LogP contribution < -0.4 is 9.46 Å². The van der Waals surface area contributed by atoms with E-state index in [2.05, 4.69) is 9.46 Å². The van der Waals surface area contributed by atoms with Gasteiger partial charge in [0.15, 0.2) is 0 Å². The molecule has 10 heteroatoms. The molecule has 0 bridgehead atoms. The van der Waals surface area contributed by atoms with Crippen LogP contribution in [0.4, 0.5) is 13.2 Å². The van der Waals surface area contributed by atoms with E-state index in [0.717, 1.165) is 43.5 Å². The van der Waals surface area contributed by atoms with E-state index in [1.165, 1.54) is 0 Å². The molecule has 0 saturated carbocycles. The number of carbonyl (C=O) groups is 1. The molecule has 25 heavy (non-hydrogen) atoms. The van der Waals surface area contributed by atoms with Crippen molar-refractivity contribution >= 4 is 15.9 Å². The van der Waals surface area contributed by atoms with Crippen molar-refractivity contribution < 1.29 is 31.1 Å². The Morgan fingerprint density at radius 1 is 1.28 bits per heavy atom. The van der Waals surface area contributed by atoms with Gasteiger partial charge in [0.05, 0.1) is 11.4 Å². The Kier molecular flexibility index (Phi) is 5.94. The minimum Gasteiger partial charge on any atom is -0.406 e. The number of sulfonamides is 1. The first-order chi connectivity index (χ1) is 11.6. The van der Waals surface area contributed by atoms with E-state index in [0.29, 0.717) is 6.54 Å². The largest absolute Gasteiger partial charge is 0.573 e. The van der Waals surface area contributed by atoms with Crippen LogP contribution in [0.1, 0.15) is 26.2 Å². The molecule has 1 aliphatic rings. The molecule has 2 rings (SSSR count). The number of rotatable bonds is 5. The molecule has 1 aromatic rings. The Balaban J connectivity index is 1.98. The van der Waals surface area contributed by atoms with Gasteiger partial charge in [0.1, 0.15) is 5.75 Å². The highest BCUT2D eigenvalue weighted by Crippen LogP contribution is 2.24. The number of amides is 1. The second-order valence-corrected chi connectivity index (χ2v) is 7.54. The van der Waals surface area contributed by atoms with Gasteiger partial charge < -0.3 is 9.64 Å². The summed E-state index contributed by atoms with van der Waals surface area (Å²) in [5.41, 5.74) is 0. The van der Waals surface area contributed by atoms with Crippen molar-refractivity contribution in [1.82, 2.24) is 9.62 Å². The first kappa shape index (κ1) is 19.5. The van der Waals surface area contributed by atoms with Crippen LogP contribution in [-0.2, 0) is 14.8 Å². The molecular formula is C15H19F3N2O4S. The van der Waals surface area contributed by atoms with Gasteiger partial charge in [0.25, 0.3) is 0 Å². The summed E-state index contributed by atoms with van der Waals surface area (Å²) >= 11 is 0. The first-order valence-corrected chi connectivity index (χ1v) is 9.22. The molecule has 6 nitrogen and oxygen atoms in total. The normalized spacial score (nSPS) is 18.9. The highest BCUT2D eigenvalue weighted by atomic mass is 32.2. The molecule has 0 aromatic heterocycles. The summed E-state index contributed by atoms with van der Waals surface area (Å²) in [5, 5.41) is 0. The first-order valence-electron chi connectivity index (χ1n) is 7.73. The Morgan fingerprint density at radius 3 is 2.48 bits per heavy atom. The number of nitrogens with zero attached hydrogens (tertiary/aromatic N) is 1. The van der Waals surface area contributed by atoms with Gasteiger partial charge in [-0.25, -0.2) is 13.1 Å². The predicted octanol–water partition coefficient (Wildman–Crippen LogP) is 2.26. The summed E-state index contributed by atoms with van der Waals surface area (Å²) in [7, 11) is -4.01. The Hall–Kier alpha value is -1.81. The smallest absolute Gasteiger partial charge is 0.406 e. The van der Waals surface area contributed by atoms with Gasteiger partial charge in [-0.15, -0.1) is 13.2 Å². The van der Waals surface area contributed by atoms with Crippen LogP contribution >= 0.6 is 0 Å². The molecule has 0 radical (unpaired) electrons. The molecule has 1 N–H and O–H groups in total. The summed E-state index contributed by atoms with van der Waals surface area (Å²) in [6, 6.07) is 3.83. The van der Waals surface area contributed by atoms with Crippen LogP contribution in [0, 0.1) is 0 Å². The molecule has 0 aliphatic carbocycles. The Morgan fingerprint density at radius 2 is 1.92 bits per heavy atom. The molecule has 1 heterocycles. The van der Waals surface area contributed by atoms with Crippen molar-refractivity contribution in [3.8, 4) is 5.75 Å². The van der Waals surface area contributed by atoms with Gasteiger partial charge in [0, 0.05) is 12.6 Å². The SMILES string of the molecule is CC1CCCCN1C(=O)CNS(=O)(=O)c1ccc(OC(F)(F)F)cc1. The lowest BCUT2D eigenvalue weighted by molar-refractivity contribution is -0.274. The minimum absolute atomic E-state index is 0.0598. The monoisotopic (exact) mass is 380 g/mol. The molecular weight excluding hydrogens is 361 g/mol. The molecule has 1 atom stereocenters. The summed E-state index contributed by atoms with van der Waals surface area (Å²) in [6.45, 7) is 2.10. The van der Waals surface area contributed by atoms with Crippen molar-refractivity contribution in [3.05, 3.63) is 24.3 Å². The quantitative estimate of drug-likeness (QED) is 0.850. The van der Waals surface area contributed by atoms with Crippen LogP contribution in [0.25, 0.3) is 0 Å². The summed E-state index contributed by atoms with van der Waals surface area (Å²) in [6.07, 6.45) is -2.07. The fourth-order valence-corrected chi connectivity index (χ4v) is 3.61. The number of carbonyl (C=O) groups excluding carboxylic acids is 1. The lowest BCUT2D eigenvalue weighted by atomic mass is 10.0. The molecule has 1 aliphatic heterocycles. The van der Waals surface area contributed by atoms with E-state index in [-0.39, 0.29) is 16.8 Å². The van der Waals surface area contributed by atoms with Crippen LogP contribution in [0.15, 0.2) is 29.2 Å². The third-order valence-electron chi connectivity index (χ3n) is 3.90. The third-order valence-corrected chi connectivity index (χ3v) is 5.32. The Labute approximate surface area is 144 Å². The topological polar surface area (TPSA) is 75.7 Å². The third kappa shape index (κ3) is 5.60. The number of piperidine rings is 1. The average Bonchev–Trinajstić information content (AvgIpc) is 2.52.